The SMILES string of the molecule is COC(=O)Cc1c(C#N)ccc(C=O)c1C(F)(F)F. The van der Waals surface area contributed by atoms with Crippen LogP contribution >= 0.6 is 0 Å². The summed E-state index contributed by atoms with van der Waals surface area (Å²) in [5.41, 5.74) is -2.76. The summed E-state index contributed by atoms with van der Waals surface area (Å²) in [6, 6.07) is 3.53. The Morgan fingerprint density at radius 3 is 2.53 bits per heavy atom. The molecule has 0 radical (unpaired) electrons. The molecule has 1 aromatic carbocycles. The molecule has 0 unspecified atom stereocenters. The van der Waals surface area contributed by atoms with Gasteiger partial charge in [0.2, 0.25) is 0 Å². The molecule has 0 amide bonds. The van der Waals surface area contributed by atoms with Gasteiger partial charge < -0.3 is 4.74 Å². The fraction of sp³-hybridized carbons (Fsp3) is 0.250. The number of rotatable bonds is 3. The monoisotopic (exact) mass is 271 g/mol. The molecular formula is C12H8F3NO3. The molecule has 19 heavy (non-hydrogen) atoms. The Bertz CT molecular complexity index is 559. The fourth-order valence-corrected chi connectivity index (χ4v) is 1.60. The molecule has 0 aliphatic carbocycles. The molecule has 0 N–H and O–H groups in total. The second kappa shape index (κ2) is 5.52. The van der Waals surface area contributed by atoms with Crippen molar-refractivity contribution in [3.63, 3.8) is 0 Å². The quantitative estimate of drug-likeness (QED) is 0.623. The molecule has 0 fully saturated rings. The van der Waals surface area contributed by atoms with E-state index >= 15 is 0 Å². The number of methoxy groups -OCH3 is 1. The van der Waals surface area contributed by atoms with E-state index in [4.69, 9.17) is 5.26 Å². The molecule has 0 bridgehead atoms. The van der Waals surface area contributed by atoms with Gasteiger partial charge >= 0.3 is 12.1 Å². The Morgan fingerprint density at radius 2 is 2.11 bits per heavy atom. The molecule has 0 spiro atoms. The lowest BCUT2D eigenvalue weighted by Gasteiger charge is -2.15. The van der Waals surface area contributed by atoms with Gasteiger partial charge in [-0.3, -0.25) is 9.59 Å². The zero-order valence-corrected chi connectivity index (χ0v) is 9.75. The molecule has 7 heteroatoms. The maximum atomic E-state index is 12.9. The number of alkyl halides is 3. The van der Waals surface area contributed by atoms with Gasteiger partial charge in [0.05, 0.1) is 30.7 Å². The van der Waals surface area contributed by atoms with E-state index in [1.165, 1.54) is 0 Å². The van der Waals surface area contributed by atoms with Gasteiger partial charge in [0.1, 0.15) is 0 Å². The molecule has 4 nitrogen and oxygen atoms in total. The standard InChI is InChI=1S/C12H8F3NO3/c1-19-10(18)4-9-7(5-16)2-3-8(6-17)11(9)12(13,14)15/h2-3,6H,4H2,1H3. The van der Waals surface area contributed by atoms with Crippen LogP contribution in [-0.4, -0.2) is 19.4 Å². The highest BCUT2D eigenvalue weighted by Crippen LogP contribution is 2.36. The molecule has 0 atom stereocenters. The maximum Gasteiger partial charge on any atom is 0.417 e. The zero-order valence-electron chi connectivity index (χ0n) is 9.75. The first-order valence-corrected chi connectivity index (χ1v) is 5.00. The van der Waals surface area contributed by atoms with Crippen molar-refractivity contribution < 1.29 is 27.5 Å². The Labute approximate surface area is 106 Å². The number of benzene rings is 1. The topological polar surface area (TPSA) is 67.2 Å². The smallest absolute Gasteiger partial charge is 0.417 e. The Morgan fingerprint density at radius 1 is 1.47 bits per heavy atom. The third-order valence-electron chi connectivity index (χ3n) is 2.42. The lowest BCUT2D eigenvalue weighted by Crippen LogP contribution is -2.17. The summed E-state index contributed by atoms with van der Waals surface area (Å²) < 4.78 is 43.1. The Hall–Kier alpha value is -2.36. The number of halogens is 3. The van der Waals surface area contributed by atoms with Crippen LogP contribution in [0, 0.1) is 11.3 Å². The van der Waals surface area contributed by atoms with Gasteiger partial charge in [-0.1, -0.05) is 0 Å². The second-order valence-electron chi connectivity index (χ2n) is 3.54. The van der Waals surface area contributed by atoms with E-state index in [1.54, 1.807) is 6.07 Å². The predicted octanol–water partition coefficient (Wildman–Crippen LogP) is 2.11. The molecule has 100 valence electrons. The number of ether oxygens (including phenoxy) is 1. The highest BCUT2D eigenvalue weighted by molar-refractivity contribution is 5.82. The van der Waals surface area contributed by atoms with Crippen LogP contribution < -0.4 is 0 Å². The van der Waals surface area contributed by atoms with Crippen molar-refractivity contribution in [1.82, 2.24) is 0 Å². The van der Waals surface area contributed by atoms with Gasteiger partial charge in [0.15, 0.2) is 6.29 Å². The second-order valence-corrected chi connectivity index (χ2v) is 3.54. The molecule has 0 heterocycles. The van der Waals surface area contributed by atoms with E-state index in [2.05, 4.69) is 4.74 Å². The third kappa shape index (κ3) is 3.10. The van der Waals surface area contributed by atoms with Crippen molar-refractivity contribution >= 4 is 12.3 Å². The zero-order chi connectivity index (χ0) is 14.6. The van der Waals surface area contributed by atoms with Gasteiger partial charge in [-0.2, -0.15) is 18.4 Å². The summed E-state index contributed by atoms with van der Waals surface area (Å²) in [5.74, 6) is -0.926. The van der Waals surface area contributed by atoms with Crippen molar-refractivity contribution in [1.29, 1.82) is 5.26 Å². The molecule has 0 saturated heterocycles. The van der Waals surface area contributed by atoms with Crippen molar-refractivity contribution in [2.24, 2.45) is 0 Å². The number of carbonyl (C=O) groups excluding carboxylic acids is 2. The molecular weight excluding hydrogens is 263 g/mol. The lowest BCUT2D eigenvalue weighted by molar-refractivity contribution is -0.141. The molecule has 1 rings (SSSR count). The van der Waals surface area contributed by atoms with Crippen molar-refractivity contribution in [2.45, 2.75) is 12.6 Å². The summed E-state index contributed by atoms with van der Waals surface area (Å²) in [5, 5.41) is 8.80. The van der Waals surface area contributed by atoms with E-state index in [-0.39, 0.29) is 11.8 Å². The number of hydrogen-bond acceptors (Lipinski definition) is 4. The van der Waals surface area contributed by atoms with Crippen LogP contribution in [0.4, 0.5) is 13.2 Å². The molecule has 1 aromatic rings. The van der Waals surface area contributed by atoms with Crippen LogP contribution in [0.3, 0.4) is 0 Å². The first-order valence-electron chi connectivity index (χ1n) is 5.00. The number of nitriles is 1. The predicted molar refractivity (Wildman–Crippen MR) is 57.3 cm³/mol. The number of hydrogen-bond donors (Lipinski definition) is 0. The highest BCUT2D eigenvalue weighted by atomic mass is 19.4. The summed E-state index contributed by atoms with van der Waals surface area (Å²) in [7, 11) is 1.02. The summed E-state index contributed by atoms with van der Waals surface area (Å²) in [6.07, 6.45) is -5.53. The number of esters is 1. The lowest BCUT2D eigenvalue weighted by atomic mass is 9.94. The number of aldehydes is 1. The average molecular weight is 271 g/mol. The van der Waals surface area contributed by atoms with E-state index in [1.807, 2.05) is 0 Å². The van der Waals surface area contributed by atoms with Crippen LogP contribution in [-0.2, 0) is 22.1 Å². The molecule has 0 aliphatic rings. The van der Waals surface area contributed by atoms with Crippen LogP contribution in [0.25, 0.3) is 0 Å². The third-order valence-corrected chi connectivity index (χ3v) is 2.42. The van der Waals surface area contributed by atoms with Gasteiger partial charge in [-0.25, -0.2) is 0 Å². The molecule has 0 aliphatic heterocycles. The average Bonchev–Trinajstić information content (AvgIpc) is 2.36. The van der Waals surface area contributed by atoms with Crippen LogP contribution in [0.1, 0.15) is 27.0 Å². The van der Waals surface area contributed by atoms with E-state index in [0.29, 0.717) is 0 Å². The van der Waals surface area contributed by atoms with Crippen LogP contribution in [0.5, 0.6) is 0 Å². The van der Waals surface area contributed by atoms with Crippen molar-refractivity contribution in [3.8, 4) is 6.07 Å². The van der Waals surface area contributed by atoms with Crippen LogP contribution in [0.2, 0.25) is 0 Å². The normalized spacial score (nSPS) is 10.7. The minimum atomic E-state index is -4.84. The highest BCUT2D eigenvalue weighted by Gasteiger charge is 2.37. The van der Waals surface area contributed by atoms with Gasteiger partial charge in [0, 0.05) is 5.56 Å². The first-order chi connectivity index (χ1) is 8.85. The summed E-state index contributed by atoms with van der Waals surface area (Å²) in [6.45, 7) is 0. The van der Waals surface area contributed by atoms with Crippen molar-refractivity contribution in [2.75, 3.05) is 7.11 Å². The number of carbonyl (C=O) groups is 2. The van der Waals surface area contributed by atoms with Gasteiger partial charge in [-0.05, 0) is 17.7 Å². The minimum Gasteiger partial charge on any atom is -0.469 e. The van der Waals surface area contributed by atoms with Gasteiger partial charge in [0.25, 0.3) is 0 Å². The van der Waals surface area contributed by atoms with Crippen LogP contribution in [0.15, 0.2) is 12.1 Å². The molecule has 0 saturated carbocycles. The first kappa shape index (κ1) is 14.7. The fourth-order valence-electron chi connectivity index (χ4n) is 1.60. The minimum absolute atomic E-state index is 0.0325. The van der Waals surface area contributed by atoms with E-state index in [9.17, 15) is 22.8 Å². The molecule has 0 aromatic heterocycles. The summed E-state index contributed by atoms with van der Waals surface area (Å²) >= 11 is 0. The number of nitrogens with zero attached hydrogens (tertiary/aromatic N) is 1. The Kier molecular flexibility index (Phi) is 4.27. The van der Waals surface area contributed by atoms with Crippen molar-refractivity contribution in [3.05, 3.63) is 34.4 Å². The van der Waals surface area contributed by atoms with E-state index < -0.39 is 35.3 Å². The van der Waals surface area contributed by atoms with E-state index in [0.717, 1.165) is 19.2 Å². The largest absolute Gasteiger partial charge is 0.469 e. The maximum absolute atomic E-state index is 12.9. The Balaban J connectivity index is 3.58. The summed E-state index contributed by atoms with van der Waals surface area (Å²) in [4.78, 5) is 21.8. The van der Waals surface area contributed by atoms with Gasteiger partial charge in [-0.15, -0.1) is 0 Å².